The second kappa shape index (κ2) is 7.01. The number of aryl methyl sites for hydroxylation is 1. The van der Waals surface area contributed by atoms with Crippen molar-refractivity contribution in [3.8, 4) is 11.1 Å². The Morgan fingerprint density at radius 3 is 1.54 bits per heavy atom. The van der Waals surface area contributed by atoms with E-state index in [2.05, 4.69) is 10.2 Å². The third-order valence-electron chi connectivity index (χ3n) is 3.81. The van der Waals surface area contributed by atoms with Crippen LogP contribution in [0.5, 0.6) is 0 Å². The summed E-state index contributed by atoms with van der Waals surface area (Å²) in [4.78, 5) is 11.3. The van der Waals surface area contributed by atoms with Crippen molar-refractivity contribution in [3.63, 3.8) is 0 Å². The molecule has 0 aliphatic carbocycles. The summed E-state index contributed by atoms with van der Waals surface area (Å²) in [5.41, 5.74) is 5.72. The molecule has 0 saturated heterocycles. The summed E-state index contributed by atoms with van der Waals surface area (Å²) >= 11 is 0. The quantitative estimate of drug-likeness (QED) is 0.412. The molecule has 0 atom stereocenters. The smallest absolute Gasteiger partial charge is 0.159 e. The van der Waals surface area contributed by atoms with Gasteiger partial charge in [0.2, 0.25) is 0 Å². The van der Waals surface area contributed by atoms with E-state index in [0.29, 0.717) is 0 Å². The van der Waals surface area contributed by atoms with Crippen LogP contribution in [0, 0.1) is 6.92 Å². The van der Waals surface area contributed by atoms with E-state index in [9.17, 15) is 4.79 Å². The third-order valence-corrected chi connectivity index (χ3v) is 3.81. The fourth-order valence-corrected chi connectivity index (χ4v) is 2.34. The van der Waals surface area contributed by atoms with E-state index in [1.807, 2.05) is 79.7 Å². The maximum absolute atomic E-state index is 11.3. The van der Waals surface area contributed by atoms with Gasteiger partial charge in [0.25, 0.3) is 0 Å². The van der Waals surface area contributed by atoms with E-state index in [0.717, 1.165) is 28.1 Å². The number of carbonyl (C=O) groups excluding carboxylic acids is 1. The lowest BCUT2D eigenvalue weighted by Gasteiger charge is -2.03. The molecule has 0 aromatic heterocycles. The minimum absolute atomic E-state index is 0.0772. The van der Waals surface area contributed by atoms with Gasteiger partial charge < -0.3 is 0 Å². The molecule has 0 spiro atoms. The number of hydrogen-bond donors (Lipinski definition) is 0. The number of nitrogens with zero attached hydrogens (tertiary/aromatic N) is 2. The largest absolute Gasteiger partial charge is 0.295 e. The summed E-state index contributed by atoms with van der Waals surface area (Å²) in [5, 5.41) is 8.50. The molecule has 0 aliphatic rings. The lowest BCUT2D eigenvalue weighted by atomic mass is 10.0. The van der Waals surface area contributed by atoms with Crippen LogP contribution in [0.1, 0.15) is 22.8 Å². The van der Waals surface area contributed by atoms with E-state index < -0.39 is 0 Å². The Morgan fingerprint density at radius 2 is 1.08 bits per heavy atom. The van der Waals surface area contributed by atoms with Gasteiger partial charge in [-0.2, -0.15) is 10.2 Å². The lowest BCUT2D eigenvalue weighted by Crippen LogP contribution is -1.90. The molecule has 3 rings (SSSR count). The Morgan fingerprint density at radius 1 is 0.667 bits per heavy atom. The van der Waals surface area contributed by atoms with Crippen LogP contribution in [0.3, 0.4) is 0 Å². The molecular formula is C21H18N2O. The molecule has 0 fully saturated rings. The van der Waals surface area contributed by atoms with Crippen LogP contribution in [0.25, 0.3) is 11.1 Å². The molecule has 0 amide bonds. The van der Waals surface area contributed by atoms with Crippen molar-refractivity contribution in [2.75, 3.05) is 0 Å². The summed E-state index contributed by atoms with van der Waals surface area (Å²) < 4.78 is 0. The van der Waals surface area contributed by atoms with Crippen molar-refractivity contribution in [2.45, 2.75) is 13.8 Å². The summed E-state index contributed by atoms with van der Waals surface area (Å²) in [5.74, 6) is 0.0772. The van der Waals surface area contributed by atoms with Crippen molar-refractivity contribution in [1.82, 2.24) is 0 Å². The van der Waals surface area contributed by atoms with Crippen molar-refractivity contribution in [2.24, 2.45) is 10.2 Å². The Bertz CT molecular complexity index is 861. The number of carbonyl (C=O) groups is 1. The number of ketones is 1. The predicted molar refractivity (Wildman–Crippen MR) is 97.2 cm³/mol. The fourth-order valence-electron chi connectivity index (χ4n) is 2.34. The van der Waals surface area contributed by atoms with Gasteiger partial charge in [-0.15, -0.1) is 0 Å². The zero-order valence-electron chi connectivity index (χ0n) is 13.7. The van der Waals surface area contributed by atoms with E-state index in [1.165, 1.54) is 5.56 Å². The summed E-state index contributed by atoms with van der Waals surface area (Å²) in [7, 11) is 0. The maximum Gasteiger partial charge on any atom is 0.159 e. The highest BCUT2D eigenvalue weighted by Gasteiger charge is 2.01. The average molecular weight is 314 g/mol. The van der Waals surface area contributed by atoms with Gasteiger partial charge in [-0.3, -0.25) is 4.79 Å². The third kappa shape index (κ3) is 3.82. The minimum atomic E-state index is 0.0772. The molecule has 0 saturated carbocycles. The van der Waals surface area contributed by atoms with E-state index in [4.69, 9.17) is 0 Å². The lowest BCUT2D eigenvalue weighted by molar-refractivity contribution is 0.101. The van der Waals surface area contributed by atoms with Crippen molar-refractivity contribution in [3.05, 3.63) is 83.9 Å². The Hall–Kier alpha value is -3.07. The highest BCUT2D eigenvalue weighted by Crippen LogP contribution is 2.24. The zero-order valence-corrected chi connectivity index (χ0v) is 13.7. The number of azo groups is 1. The first-order chi connectivity index (χ1) is 11.6. The van der Waals surface area contributed by atoms with Gasteiger partial charge in [0.1, 0.15) is 0 Å². The second-order valence-electron chi connectivity index (χ2n) is 5.72. The summed E-state index contributed by atoms with van der Waals surface area (Å²) in [6.07, 6.45) is 0. The molecule has 0 N–H and O–H groups in total. The molecule has 24 heavy (non-hydrogen) atoms. The first-order valence-electron chi connectivity index (χ1n) is 7.82. The van der Waals surface area contributed by atoms with Crippen LogP contribution in [0.2, 0.25) is 0 Å². The van der Waals surface area contributed by atoms with Crippen molar-refractivity contribution >= 4 is 17.2 Å². The Kier molecular flexibility index (Phi) is 4.62. The molecule has 3 heteroatoms. The number of benzene rings is 3. The first kappa shape index (κ1) is 15.8. The number of Topliss-reactive ketones (excluding diaryl/α,β-unsaturated/α-hetero) is 1. The van der Waals surface area contributed by atoms with Crippen LogP contribution < -0.4 is 0 Å². The monoisotopic (exact) mass is 314 g/mol. The molecule has 118 valence electrons. The molecular weight excluding hydrogens is 296 g/mol. The van der Waals surface area contributed by atoms with Crippen LogP contribution >= 0.6 is 0 Å². The Labute approximate surface area is 141 Å². The van der Waals surface area contributed by atoms with Crippen molar-refractivity contribution in [1.29, 1.82) is 0 Å². The summed E-state index contributed by atoms with van der Waals surface area (Å²) in [6.45, 7) is 3.62. The highest BCUT2D eigenvalue weighted by atomic mass is 16.1. The molecule has 0 heterocycles. The molecule has 0 radical (unpaired) electrons. The molecule has 0 aliphatic heterocycles. The van der Waals surface area contributed by atoms with Gasteiger partial charge in [-0.25, -0.2) is 0 Å². The highest BCUT2D eigenvalue weighted by molar-refractivity contribution is 5.94. The first-order valence-corrected chi connectivity index (χ1v) is 7.82. The predicted octanol–water partition coefficient (Wildman–Crippen LogP) is 6.28. The molecule has 0 unspecified atom stereocenters. The van der Waals surface area contributed by atoms with Gasteiger partial charge >= 0.3 is 0 Å². The molecule has 3 aromatic rings. The molecule has 0 bridgehead atoms. The number of hydrogen-bond acceptors (Lipinski definition) is 3. The van der Waals surface area contributed by atoms with Crippen LogP contribution in [-0.4, -0.2) is 5.78 Å². The second-order valence-corrected chi connectivity index (χ2v) is 5.72. The topological polar surface area (TPSA) is 41.8 Å². The van der Waals surface area contributed by atoms with Gasteiger partial charge in [0.05, 0.1) is 11.4 Å². The fraction of sp³-hybridized carbons (Fsp3) is 0.0952. The van der Waals surface area contributed by atoms with Gasteiger partial charge in [-0.05, 0) is 49.2 Å². The molecule has 3 nitrogen and oxygen atoms in total. The van der Waals surface area contributed by atoms with Gasteiger partial charge in [0.15, 0.2) is 5.78 Å². The number of rotatable bonds is 4. The SMILES string of the molecule is CC(=O)c1ccc(-c2ccc(N=Nc3ccc(C)cc3)cc2)cc1. The van der Waals surface area contributed by atoms with Gasteiger partial charge in [0, 0.05) is 5.56 Å². The van der Waals surface area contributed by atoms with E-state index >= 15 is 0 Å². The van der Waals surface area contributed by atoms with E-state index in [-0.39, 0.29) is 5.78 Å². The average Bonchev–Trinajstić information content (AvgIpc) is 2.62. The normalized spacial score (nSPS) is 10.9. The van der Waals surface area contributed by atoms with Crippen LogP contribution in [-0.2, 0) is 0 Å². The van der Waals surface area contributed by atoms with Crippen molar-refractivity contribution < 1.29 is 4.79 Å². The van der Waals surface area contributed by atoms with E-state index in [1.54, 1.807) is 6.92 Å². The zero-order chi connectivity index (χ0) is 16.9. The van der Waals surface area contributed by atoms with Crippen LogP contribution in [0.15, 0.2) is 83.0 Å². The minimum Gasteiger partial charge on any atom is -0.295 e. The van der Waals surface area contributed by atoms with Gasteiger partial charge in [-0.1, -0.05) is 54.1 Å². The maximum atomic E-state index is 11.3. The Balaban J connectivity index is 1.75. The summed E-state index contributed by atoms with van der Waals surface area (Å²) in [6, 6.07) is 23.4. The molecule has 3 aromatic carbocycles. The van der Waals surface area contributed by atoms with Crippen LogP contribution in [0.4, 0.5) is 11.4 Å². The standard InChI is InChI=1S/C21H18N2O/c1-15-3-11-20(12-4-15)22-23-21-13-9-19(10-14-21)18-7-5-17(6-8-18)16(2)24/h3-14H,1-2H3.